The first kappa shape index (κ1) is 20.8. The minimum atomic E-state index is -0.321. The number of rotatable bonds is 5. The number of para-hydroxylation sites is 3. The molecule has 0 radical (unpaired) electrons. The van der Waals surface area contributed by atoms with Gasteiger partial charge in [0, 0.05) is 0 Å². The molecule has 0 bridgehead atoms. The molecule has 1 aliphatic heterocycles. The normalized spacial score (nSPS) is 15.2. The van der Waals surface area contributed by atoms with E-state index < -0.39 is 0 Å². The van der Waals surface area contributed by atoms with Gasteiger partial charge in [-0.25, -0.2) is 4.68 Å². The summed E-state index contributed by atoms with van der Waals surface area (Å²) in [5.74, 6) is -0.238. The number of carbonyl (C=O) groups is 2. The predicted octanol–water partition coefficient (Wildman–Crippen LogP) is 1.88. The van der Waals surface area contributed by atoms with Crippen LogP contribution >= 0.6 is 0 Å². The molecule has 160 valence electrons. The van der Waals surface area contributed by atoms with Crippen LogP contribution in [0.5, 0.6) is 0 Å². The largest absolute Gasteiger partial charge is 0.324 e. The van der Waals surface area contributed by atoms with Gasteiger partial charge in [-0.15, -0.1) is 0 Å². The summed E-state index contributed by atoms with van der Waals surface area (Å²) in [5.41, 5.74) is 5.61. The summed E-state index contributed by atoms with van der Waals surface area (Å²) in [7, 11) is 2.01. The molecule has 2 aromatic carbocycles. The number of nitrogens with one attached hydrogen (secondary N) is 2. The van der Waals surface area contributed by atoms with Crippen molar-refractivity contribution < 1.29 is 14.5 Å². The highest BCUT2D eigenvalue weighted by atomic mass is 16.2. The SMILES string of the molecule is Cc1nn(-c2ccccc2)c(C)c1C[NH+](C)[C@@H](C)C(=O)N1CC(=O)Nc2ccccc21. The van der Waals surface area contributed by atoms with Gasteiger partial charge in [-0.3, -0.25) is 14.5 Å². The molecule has 0 spiro atoms. The Bertz CT molecular complexity index is 1120. The van der Waals surface area contributed by atoms with Crippen LogP contribution in [0.3, 0.4) is 0 Å². The Balaban J connectivity index is 1.55. The number of quaternary nitrogens is 1. The minimum Gasteiger partial charge on any atom is -0.324 e. The molecule has 2 N–H and O–H groups in total. The van der Waals surface area contributed by atoms with E-state index in [1.54, 1.807) is 4.90 Å². The van der Waals surface area contributed by atoms with Gasteiger partial charge in [-0.2, -0.15) is 5.10 Å². The number of aromatic nitrogens is 2. The van der Waals surface area contributed by atoms with Gasteiger partial charge in [0.15, 0.2) is 6.04 Å². The number of nitrogens with zero attached hydrogens (tertiary/aromatic N) is 3. The minimum absolute atomic E-state index is 0.0391. The van der Waals surface area contributed by atoms with Crippen LogP contribution in [0.15, 0.2) is 54.6 Å². The molecule has 1 aromatic heterocycles. The third-order valence-corrected chi connectivity index (χ3v) is 6.04. The van der Waals surface area contributed by atoms with Gasteiger partial charge in [-0.1, -0.05) is 30.3 Å². The summed E-state index contributed by atoms with van der Waals surface area (Å²) in [4.78, 5) is 28.1. The molecular formula is C24H28N5O2+. The number of hydrogen-bond acceptors (Lipinski definition) is 3. The van der Waals surface area contributed by atoms with Gasteiger partial charge in [0.1, 0.15) is 13.1 Å². The number of anilines is 2. The van der Waals surface area contributed by atoms with Crippen LogP contribution in [0.2, 0.25) is 0 Å². The van der Waals surface area contributed by atoms with Gasteiger partial charge in [0.05, 0.1) is 41.1 Å². The molecule has 4 rings (SSSR count). The summed E-state index contributed by atoms with van der Waals surface area (Å²) in [5, 5.41) is 7.56. The van der Waals surface area contributed by atoms with E-state index in [0.717, 1.165) is 33.2 Å². The summed E-state index contributed by atoms with van der Waals surface area (Å²) in [6.07, 6.45) is 0. The van der Waals surface area contributed by atoms with E-state index in [-0.39, 0.29) is 24.4 Å². The molecule has 7 nitrogen and oxygen atoms in total. The second kappa shape index (κ2) is 8.35. The third kappa shape index (κ3) is 3.96. The standard InChI is InChI=1S/C24H27N5O2/c1-16-20(17(2)29(26-16)19-10-6-5-7-11-19)14-27(4)18(3)24(31)28-15-23(30)25-21-12-8-9-13-22(21)28/h5-13,18H,14-15H2,1-4H3,(H,25,30)/p+1/t18-/m0/s1. The van der Waals surface area contributed by atoms with Crippen molar-refractivity contribution in [2.24, 2.45) is 0 Å². The average molecular weight is 419 g/mol. The molecule has 0 saturated heterocycles. The average Bonchev–Trinajstić information content (AvgIpc) is 3.06. The first-order valence-corrected chi connectivity index (χ1v) is 10.5. The van der Waals surface area contributed by atoms with Gasteiger partial charge in [0.25, 0.3) is 5.91 Å². The van der Waals surface area contributed by atoms with E-state index >= 15 is 0 Å². The van der Waals surface area contributed by atoms with E-state index in [4.69, 9.17) is 5.10 Å². The van der Waals surface area contributed by atoms with Crippen molar-refractivity contribution in [1.29, 1.82) is 0 Å². The maximum atomic E-state index is 13.3. The topological polar surface area (TPSA) is 71.7 Å². The number of carbonyl (C=O) groups excluding carboxylic acids is 2. The number of aryl methyl sites for hydroxylation is 1. The molecular weight excluding hydrogens is 390 g/mol. The van der Waals surface area contributed by atoms with Crippen molar-refractivity contribution in [2.75, 3.05) is 23.8 Å². The van der Waals surface area contributed by atoms with Crippen LogP contribution in [0.1, 0.15) is 23.9 Å². The van der Waals surface area contributed by atoms with Crippen molar-refractivity contribution in [1.82, 2.24) is 9.78 Å². The van der Waals surface area contributed by atoms with Crippen molar-refractivity contribution in [3.8, 4) is 5.69 Å². The maximum Gasteiger partial charge on any atom is 0.285 e. The summed E-state index contributed by atoms with van der Waals surface area (Å²) < 4.78 is 1.95. The second-order valence-electron chi connectivity index (χ2n) is 8.13. The van der Waals surface area contributed by atoms with Gasteiger partial charge < -0.3 is 10.2 Å². The molecule has 2 atom stereocenters. The second-order valence-corrected chi connectivity index (χ2v) is 8.13. The number of amides is 2. The monoisotopic (exact) mass is 418 g/mol. The first-order valence-electron chi connectivity index (χ1n) is 10.5. The van der Waals surface area contributed by atoms with E-state index in [0.29, 0.717) is 12.2 Å². The fourth-order valence-electron chi connectivity index (χ4n) is 4.06. The molecule has 2 amide bonds. The number of benzene rings is 2. The van der Waals surface area contributed by atoms with Gasteiger partial charge >= 0.3 is 0 Å². The Kier molecular flexibility index (Phi) is 5.61. The molecule has 1 aliphatic rings. The molecule has 0 saturated carbocycles. The van der Waals surface area contributed by atoms with Gasteiger partial charge in [-0.05, 0) is 45.0 Å². The molecule has 0 aliphatic carbocycles. The number of hydrogen-bond donors (Lipinski definition) is 2. The van der Waals surface area contributed by atoms with Gasteiger partial charge in [0.2, 0.25) is 5.91 Å². The van der Waals surface area contributed by atoms with Crippen LogP contribution in [0.4, 0.5) is 11.4 Å². The number of fused-ring (bicyclic) bond motifs is 1. The Morgan fingerprint density at radius 3 is 2.55 bits per heavy atom. The molecule has 7 heteroatoms. The van der Waals surface area contributed by atoms with E-state index in [9.17, 15) is 9.59 Å². The molecule has 2 heterocycles. The Morgan fingerprint density at radius 2 is 1.81 bits per heavy atom. The first-order chi connectivity index (χ1) is 14.9. The van der Waals surface area contributed by atoms with Crippen molar-refractivity contribution in [3.05, 3.63) is 71.5 Å². The lowest BCUT2D eigenvalue weighted by Gasteiger charge is -2.32. The van der Waals surface area contributed by atoms with E-state index in [2.05, 4.69) is 12.2 Å². The summed E-state index contributed by atoms with van der Waals surface area (Å²) in [6.45, 7) is 6.69. The fourth-order valence-corrected chi connectivity index (χ4v) is 4.06. The van der Waals surface area contributed by atoms with E-state index in [1.165, 1.54) is 0 Å². The highest BCUT2D eigenvalue weighted by molar-refractivity contribution is 6.10. The summed E-state index contributed by atoms with van der Waals surface area (Å²) in [6, 6.07) is 17.1. The van der Waals surface area contributed by atoms with Crippen LogP contribution in [-0.2, 0) is 16.1 Å². The lowest BCUT2D eigenvalue weighted by molar-refractivity contribution is -0.908. The fraction of sp³-hybridized carbons (Fsp3) is 0.292. The molecule has 0 fully saturated rings. The lowest BCUT2D eigenvalue weighted by Crippen LogP contribution is -3.12. The quantitative estimate of drug-likeness (QED) is 0.665. The van der Waals surface area contributed by atoms with Crippen molar-refractivity contribution in [3.63, 3.8) is 0 Å². The molecule has 1 unspecified atom stereocenters. The Morgan fingerprint density at radius 1 is 1.13 bits per heavy atom. The van der Waals surface area contributed by atoms with E-state index in [1.807, 2.05) is 80.2 Å². The zero-order chi connectivity index (χ0) is 22.1. The maximum absolute atomic E-state index is 13.3. The predicted molar refractivity (Wildman–Crippen MR) is 121 cm³/mol. The zero-order valence-corrected chi connectivity index (χ0v) is 18.3. The lowest BCUT2D eigenvalue weighted by atomic mass is 10.1. The van der Waals surface area contributed by atoms with Crippen LogP contribution in [0, 0.1) is 13.8 Å². The molecule has 3 aromatic rings. The van der Waals surface area contributed by atoms with Crippen LogP contribution in [0.25, 0.3) is 5.69 Å². The zero-order valence-electron chi connectivity index (χ0n) is 18.3. The third-order valence-electron chi connectivity index (χ3n) is 6.04. The smallest absolute Gasteiger partial charge is 0.285 e. The summed E-state index contributed by atoms with van der Waals surface area (Å²) >= 11 is 0. The van der Waals surface area contributed by atoms with Crippen molar-refractivity contribution in [2.45, 2.75) is 33.4 Å². The van der Waals surface area contributed by atoms with Crippen LogP contribution < -0.4 is 15.1 Å². The Labute approximate surface area is 182 Å². The Hall–Kier alpha value is -3.45. The van der Waals surface area contributed by atoms with Crippen LogP contribution in [-0.4, -0.2) is 41.2 Å². The van der Waals surface area contributed by atoms with Crippen molar-refractivity contribution >= 4 is 23.2 Å². The highest BCUT2D eigenvalue weighted by Crippen LogP contribution is 2.29. The number of likely N-dealkylation sites (N-methyl/N-ethyl adjacent to an activating group) is 1. The molecule has 31 heavy (non-hydrogen) atoms. The highest BCUT2D eigenvalue weighted by Gasteiger charge is 2.33.